The lowest BCUT2D eigenvalue weighted by Crippen LogP contribution is -2.43. The number of ether oxygens (including phenoxy) is 1. The third-order valence-electron chi connectivity index (χ3n) is 5.88. The summed E-state index contributed by atoms with van der Waals surface area (Å²) in [6.45, 7) is 3.15. The molecule has 1 saturated heterocycles. The minimum absolute atomic E-state index is 0.00556. The third kappa shape index (κ3) is 4.49. The van der Waals surface area contributed by atoms with Gasteiger partial charge in [-0.3, -0.25) is 14.9 Å². The normalized spacial score (nSPS) is 14.4. The number of nitro benzene ring substituents is 1. The monoisotopic (exact) mass is 434 g/mol. The van der Waals surface area contributed by atoms with Crippen molar-refractivity contribution in [2.24, 2.45) is 0 Å². The van der Waals surface area contributed by atoms with Crippen LogP contribution < -0.4 is 10.1 Å². The Bertz CT molecular complexity index is 1160. The quantitative estimate of drug-likeness (QED) is 0.463. The predicted molar refractivity (Wildman–Crippen MR) is 123 cm³/mol. The Balaban J connectivity index is 1.43. The number of methoxy groups -OCH3 is 1. The lowest BCUT2D eigenvalue weighted by molar-refractivity contribution is -0.383. The molecule has 32 heavy (non-hydrogen) atoms. The number of hydrogen-bond donors (Lipinski definition) is 1. The van der Waals surface area contributed by atoms with Crippen LogP contribution in [0.5, 0.6) is 5.75 Å². The van der Waals surface area contributed by atoms with Crippen LogP contribution in [0.2, 0.25) is 0 Å². The smallest absolute Gasteiger partial charge is 0.295 e. The van der Waals surface area contributed by atoms with Gasteiger partial charge in [0.1, 0.15) is 5.75 Å². The van der Waals surface area contributed by atoms with Crippen LogP contribution in [0.25, 0.3) is 10.9 Å². The molecule has 1 fully saturated rings. The molecular formula is C24H26N4O4. The number of fused-ring (bicyclic) bond motifs is 1. The Morgan fingerprint density at radius 2 is 1.97 bits per heavy atom. The van der Waals surface area contributed by atoms with E-state index >= 15 is 0 Å². The van der Waals surface area contributed by atoms with Crippen molar-refractivity contribution < 1.29 is 14.5 Å². The van der Waals surface area contributed by atoms with Gasteiger partial charge in [-0.25, -0.2) is 4.98 Å². The maximum Gasteiger partial charge on any atom is 0.295 e. The SMILES string of the molecule is COc1ccccc1CC(=O)N1CCC(Nc2cc(C)nc3c([N+](=O)[O-])cccc23)CC1. The number of aromatic nitrogens is 1. The number of hydrogen-bond acceptors (Lipinski definition) is 6. The molecule has 0 unspecified atom stereocenters. The van der Waals surface area contributed by atoms with Crippen LogP contribution in [0.15, 0.2) is 48.5 Å². The van der Waals surface area contributed by atoms with Crippen LogP contribution >= 0.6 is 0 Å². The summed E-state index contributed by atoms with van der Waals surface area (Å²) >= 11 is 0. The zero-order valence-corrected chi connectivity index (χ0v) is 18.2. The molecule has 1 aromatic heterocycles. The maximum atomic E-state index is 12.8. The largest absolute Gasteiger partial charge is 0.496 e. The summed E-state index contributed by atoms with van der Waals surface area (Å²) in [5.74, 6) is 0.820. The molecule has 0 radical (unpaired) electrons. The van der Waals surface area contributed by atoms with Crippen LogP contribution in [0.3, 0.4) is 0 Å². The molecule has 0 bridgehead atoms. The molecule has 8 nitrogen and oxygen atoms in total. The average molecular weight is 434 g/mol. The molecule has 3 aromatic rings. The number of anilines is 1. The van der Waals surface area contributed by atoms with Gasteiger partial charge in [0.2, 0.25) is 5.91 Å². The Morgan fingerprint density at radius 1 is 1.22 bits per heavy atom. The molecule has 0 spiro atoms. The van der Waals surface area contributed by atoms with E-state index in [2.05, 4.69) is 10.3 Å². The maximum absolute atomic E-state index is 12.8. The number of carbonyl (C=O) groups is 1. The number of aryl methyl sites for hydroxylation is 1. The number of rotatable bonds is 6. The summed E-state index contributed by atoms with van der Waals surface area (Å²) in [5, 5.41) is 15.7. The van der Waals surface area contributed by atoms with Crippen LogP contribution in [0.1, 0.15) is 24.1 Å². The number of para-hydroxylation sites is 2. The second kappa shape index (κ2) is 9.21. The first-order chi connectivity index (χ1) is 15.5. The summed E-state index contributed by atoms with van der Waals surface area (Å²) < 4.78 is 5.36. The second-order valence-electron chi connectivity index (χ2n) is 8.03. The van der Waals surface area contributed by atoms with E-state index in [0.29, 0.717) is 25.0 Å². The molecule has 8 heteroatoms. The summed E-state index contributed by atoms with van der Waals surface area (Å²) in [6.07, 6.45) is 1.92. The van der Waals surface area contributed by atoms with Gasteiger partial charge in [0.05, 0.1) is 18.5 Å². The van der Waals surface area contributed by atoms with E-state index in [1.54, 1.807) is 13.2 Å². The number of pyridine rings is 1. The number of amides is 1. The summed E-state index contributed by atoms with van der Waals surface area (Å²) in [7, 11) is 1.61. The molecule has 0 saturated carbocycles. The van der Waals surface area contributed by atoms with Gasteiger partial charge in [-0.2, -0.15) is 0 Å². The average Bonchev–Trinajstić information content (AvgIpc) is 2.79. The van der Waals surface area contributed by atoms with Crippen molar-refractivity contribution in [1.29, 1.82) is 0 Å². The number of nitro groups is 1. The number of nitrogens with zero attached hydrogens (tertiary/aromatic N) is 3. The van der Waals surface area contributed by atoms with Gasteiger partial charge in [-0.15, -0.1) is 0 Å². The van der Waals surface area contributed by atoms with Gasteiger partial charge in [-0.1, -0.05) is 30.3 Å². The molecule has 4 rings (SSSR count). The van der Waals surface area contributed by atoms with Crippen molar-refractivity contribution in [3.63, 3.8) is 0 Å². The van der Waals surface area contributed by atoms with Crippen molar-refractivity contribution in [2.75, 3.05) is 25.5 Å². The van der Waals surface area contributed by atoms with E-state index in [1.807, 2.05) is 48.2 Å². The first-order valence-corrected chi connectivity index (χ1v) is 10.7. The van der Waals surface area contributed by atoms with E-state index < -0.39 is 4.92 Å². The van der Waals surface area contributed by atoms with Gasteiger partial charge in [0.15, 0.2) is 5.52 Å². The lowest BCUT2D eigenvalue weighted by Gasteiger charge is -2.33. The molecular weight excluding hydrogens is 408 g/mol. The number of benzene rings is 2. The van der Waals surface area contributed by atoms with Gasteiger partial charge in [0.25, 0.3) is 5.69 Å². The summed E-state index contributed by atoms with van der Waals surface area (Å²) in [5.41, 5.74) is 2.85. The predicted octanol–water partition coefficient (Wildman–Crippen LogP) is 4.11. The highest BCUT2D eigenvalue weighted by Gasteiger charge is 2.24. The molecule has 166 valence electrons. The zero-order valence-electron chi connectivity index (χ0n) is 18.2. The highest BCUT2D eigenvalue weighted by Crippen LogP contribution is 2.31. The fourth-order valence-electron chi connectivity index (χ4n) is 4.25. The third-order valence-corrected chi connectivity index (χ3v) is 5.88. The highest BCUT2D eigenvalue weighted by atomic mass is 16.6. The zero-order chi connectivity index (χ0) is 22.7. The number of non-ortho nitro benzene ring substituents is 1. The lowest BCUT2D eigenvalue weighted by atomic mass is 10.0. The Labute approximate surface area is 186 Å². The molecule has 1 aliphatic rings. The number of piperidine rings is 1. The first-order valence-electron chi connectivity index (χ1n) is 10.7. The van der Waals surface area contributed by atoms with E-state index in [4.69, 9.17) is 4.74 Å². The summed E-state index contributed by atoms with van der Waals surface area (Å²) in [4.78, 5) is 30.1. The molecule has 2 heterocycles. The van der Waals surface area contributed by atoms with E-state index in [-0.39, 0.29) is 17.6 Å². The standard InChI is InChI=1S/C24H26N4O4/c1-16-14-20(19-7-5-8-21(28(30)31)24(19)25-16)26-18-10-12-27(13-11-18)23(29)15-17-6-3-4-9-22(17)32-2/h3-9,14,18H,10-13,15H2,1-2H3,(H,25,26). The number of carbonyl (C=O) groups excluding carboxylic acids is 1. The van der Waals surface area contributed by atoms with Gasteiger partial charge < -0.3 is 15.0 Å². The molecule has 2 aromatic carbocycles. The van der Waals surface area contributed by atoms with Crippen LogP contribution in [0, 0.1) is 17.0 Å². The summed E-state index contributed by atoms with van der Waals surface area (Å²) in [6, 6.07) is 14.7. The van der Waals surface area contributed by atoms with Gasteiger partial charge in [0, 0.05) is 47.5 Å². The van der Waals surface area contributed by atoms with Gasteiger partial charge in [-0.05, 0) is 31.9 Å². The van der Waals surface area contributed by atoms with Crippen LogP contribution in [0.4, 0.5) is 11.4 Å². The fourth-order valence-corrected chi connectivity index (χ4v) is 4.25. The number of likely N-dealkylation sites (tertiary alicyclic amines) is 1. The van der Waals surface area contributed by atoms with Crippen molar-refractivity contribution in [1.82, 2.24) is 9.88 Å². The minimum Gasteiger partial charge on any atom is -0.496 e. The molecule has 0 atom stereocenters. The van der Waals surface area contributed by atoms with Gasteiger partial charge >= 0.3 is 0 Å². The van der Waals surface area contributed by atoms with Crippen molar-refractivity contribution >= 4 is 28.2 Å². The van der Waals surface area contributed by atoms with Crippen molar-refractivity contribution in [3.05, 3.63) is 69.9 Å². The second-order valence-corrected chi connectivity index (χ2v) is 8.03. The van der Waals surface area contributed by atoms with E-state index in [9.17, 15) is 14.9 Å². The van der Waals surface area contributed by atoms with E-state index in [1.165, 1.54) is 6.07 Å². The minimum atomic E-state index is -0.398. The molecule has 1 N–H and O–H groups in total. The molecule has 1 aliphatic heterocycles. The van der Waals surface area contributed by atoms with E-state index in [0.717, 1.165) is 40.9 Å². The Kier molecular flexibility index (Phi) is 6.20. The van der Waals surface area contributed by atoms with Crippen LogP contribution in [-0.4, -0.2) is 47.0 Å². The van der Waals surface area contributed by atoms with Crippen molar-refractivity contribution in [2.45, 2.75) is 32.2 Å². The van der Waals surface area contributed by atoms with Crippen LogP contribution in [-0.2, 0) is 11.2 Å². The highest BCUT2D eigenvalue weighted by molar-refractivity contribution is 5.96. The Hall–Kier alpha value is -3.68. The molecule has 1 amide bonds. The topological polar surface area (TPSA) is 97.6 Å². The molecule has 0 aliphatic carbocycles. The Morgan fingerprint density at radius 3 is 2.69 bits per heavy atom. The first kappa shape index (κ1) is 21.5. The van der Waals surface area contributed by atoms with Crippen molar-refractivity contribution in [3.8, 4) is 5.75 Å². The fraction of sp³-hybridized carbons (Fsp3) is 0.333. The number of nitrogens with one attached hydrogen (secondary N) is 1.